The van der Waals surface area contributed by atoms with Gasteiger partial charge in [-0.15, -0.1) is 0 Å². The highest BCUT2D eigenvalue weighted by Crippen LogP contribution is 2.44. The number of carbonyl (C=O) groups excluding carboxylic acids is 6. The Morgan fingerprint density at radius 2 is 0.646 bits per heavy atom. The average molecular weight is 1040 g/mol. The summed E-state index contributed by atoms with van der Waals surface area (Å²) >= 11 is 0. The molecule has 2 N–H and O–H groups in total. The molecule has 10 aromatic carbocycles. The average Bonchev–Trinajstić information content (AvgIpc) is 4.12. The van der Waals surface area contributed by atoms with Gasteiger partial charge in [-0.1, -0.05) is 97.1 Å². The third kappa shape index (κ3) is 9.85. The zero-order valence-electron chi connectivity index (χ0n) is 41.7. The van der Waals surface area contributed by atoms with Crippen LogP contribution in [0.15, 0.2) is 243 Å². The van der Waals surface area contributed by atoms with Crippen LogP contribution in [0.5, 0.6) is 34.5 Å². The lowest BCUT2D eigenvalue weighted by Crippen LogP contribution is -2.29. The molecule has 2 heterocycles. The first-order valence-electron chi connectivity index (χ1n) is 25.0. The standard InChI is InChI=1S/C66H42N4O9/c71-61(67-45-13-5-1-6-14-45)43-25-33-53-57(37-43)65(75)69(63(53)73)47-27-35-59(55(39-47)41-21-29-51(30-22-41)77-49-17-9-3-10-18-49)79-60-36-28-48(40-56(60)42-23-31-52(32-24-42)78-50-19-11-4-12-20-50)70-64(74)54-34-26-44(38-58(54)66(70)76)62(72)68-46-15-7-2-8-16-46/h1-40H,(H,67,71)(H,68,72). The maximum Gasteiger partial charge on any atom is 0.266 e. The molecule has 12 rings (SSSR count). The van der Waals surface area contributed by atoms with Crippen molar-refractivity contribution in [3.63, 3.8) is 0 Å². The van der Waals surface area contributed by atoms with Crippen LogP contribution < -0.4 is 34.6 Å². The van der Waals surface area contributed by atoms with E-state index in [0.29, 0.717) is 68.1 Å². The summed E-state index contributed by atoms with van der Waals surface area (Å²) in [5.41, 5.74) is 4.71. The van der Waals surface area contributed by atoms with Gasteiger partial charge < -0.3 is 24.8 Å². The van der Waals surface area contributed by atoms with Crippen molar-refractivity contribution in [2.24, 2.45) is 0 Å². The van der Waals surface area contributed by atoms with E-state index in [2.05, 4.69) is 10.6 Å². The van der Waals surface area contributed by atoms with Crippen molar-refractivity contribution in [3.8, 4) is 56.8 Å². The molecule has 0 bridgehead atoms. The second-order valence-corrected chi connectivity index (χ2v) is 18.4. The fourth-order valence-corrected chi connectivity index (χ4v) is 9.40. The molecular formula is C66H42N4O9. The van der Waals surface area contributed by atoms with E-state index in [9.17, 15) is 28.8 Å². The molecule has 10 aromatic rings. The highest BCUT2D eigenvalue weighted by molar-refractivity contribution is 6.36. The number of carbonyl (C=O) groups is 6. The summed E-state index contributed by atoms with van der Waals surface area (Å²) in [7, 11) is 0. The molecule has 0 radical (unpaired) electrons. The number of nitrogens with one attached hydrogen (secondary N) is 2. The lowest BCUT2D eigenvalue weighted by molar-refractivity contribution is 0.0910. The first kappa shape index (κ1) is 48.7. The van der Waals surface area contributed by atoms with Crippen LogP contribution in [0.2, 0.25) is 0 Å². The minimum atomic E-state index is -0.613. The molecule has 2 aliphatic heterocycles. The molecule has 13 nitrogen and oxygen atoms in total. The third-order valence-electron chi connectivity index (χ3n) is 13.3. The van der Waals surface area contributed by atoms with Crippen molar-refractivity contribution in [1.29, 1.82) is 0 Å². The van der Waals surface area contributed by atoms with E-state index in [4.69, 9.17) is 14.2 Å². The van der Waals surface area contributed by atoms with Crippen molar-refractivity contribution in [1.82, 2.24) is 0 Å². The predicted molar refractivity (Wildman–Crippen MR) is 301 cm³/mol. The predicted octanol–water partition coefficient (Wildman–Crippen LogP) is 14.5. The molecule has 0 aromatic heterocycles. The molecule has 79 heavy (non-hydrogen) atoms. The smallest absolute Gasteiger partial charge is 0.266 e. The van der Waals surface area contributed by atoms with E-state index in [1.165, 1.54) is 36.4 Å². The zero-order valence-corrected chi connectivity index (χ0v) is 41.7. The van der Waals surface area contributed by atoms with E-state index in [1.807, 2.05) is 97.1 Å². The van der Waals surface area contributed by atoms with Crippen molar-refractivity contribution in [2.45, 2.75) is 0 Å². The van der Waals surface area contributed by atoms with Crippen LogP contribution >= 0.6 is 0 Å². The third-order valence-corrected chi connectivity index (χ3v) is 13.3. The fraction of sp³-hybridized carbons (Fsp3) is 0. The molecule has 6 amide bonds. The van der Waals surface area contributed by atoms with Crippen LogP contribution in [0.1, 0.15) is 62.1 Å². The molecule has 380 valence electrons. The Morgan fingerprint density at radius 1 is 0.304 bits per heavy atom. The summed E-state index contributed by atoms with van der Waals surface area (Å²) in [6.07, 6.45) is 0. The Labute approximate surface area is 452 Å². The van der Waals surface area contributed by atoms with Gasteiger partial charge in [-0.25, -0.2) is 9.80 Å². The molecule has 0 saturated carbocycles. The van der Waals surface area contributed by atoms with Gasteiger partial charge in [-0.2, -0.15) is 0 Å². The summed E-state index contributed by atoms with van der Waals surface area (Å²) in [6, 6.07) is 69.7. The minimum Gasteiger partial charge on any atom is -0.457 e. The van der Waals surface area contributed by atoms with Crippen molar-refractivity contribution in [3.05, 3.63) is 276 Å². The summed E-state index contributed by atoms with van der Waals surface area (Å²) in [6.45, 7) is 0. The number of hydrogen-bond acceptors (Lipinski definition) is 9. The van der Waals surface area contributed by atoms with Crippen LogP contribution in [0.25, 0.3) is 22.3 Å². The number of anilines is 4. The number of nitrogens with zero attached hydrogens (tertiary/aromatic N) is 2. The van der Waals surface area contributed by atoms with Gasteiger partial charge in [0, 0.05) is 33.6 Å². The van der Waals surface area contributed by atoms with Crippen molar-refractivity contribution < 1.29 is 43.0 Å². The SMILES string of the molecule is O=C(Nc1ccccc1)c1ccc2c(c1)C(=O)N(c1ccc(Oc3ccc(N4C(=O)c5ccc(C(=O)Nc6ccccc6)cc5C4=O)cc3-c3ccc(Oc4ccccc4)cc3)c(-c3ccc(Oc4ccccc4)cc3)c1)C2=O. The number of hydrogen-bond donors (Lipinski definition) is 2. The second kappa shape index (κ2) is 20.9. The Kier molecular flexibility index (Phi) is 12.9. The highest BCUT2D eigenvalue weighted by Gasteiger charge is 2.39. The molecule has 2 aliphatic rings. The molecule has 13 heteroatoms. The first-order chi connectivity index (χ1) is 38.6. The maximum absolute atomic E-state index is 14.3. The normalized spacial score (nSPS) is 12.5. The minimum absolute atomic E-state index is 0.0759. The maximum atomic E-state index is 14.3. The van der Waals surface area contributed by atoms with Gasteiger partial charge in [0.25, 0.3) is 35.4 Å². The van der Waals surface area contributed by atoms with Crippen molar-refractivity contribution in [2.75, 3.05) is 20.4 Å². The quantitative estimate of drug-likeness (QED) is 0.101. The molecule has 0 spiro atoms. The lowest BCUT2D eigenvalue weighted by atomic mass is 10.0. The zero-order chi connectivity index (χ0) is 54.0. The number of para-hydroxylation sites is 4. The van der Waals surface area contributed by atoms with E-state index in [0.717, 1.165) is 9.80 Å². The van der Waals surface area contributed by atoms with E-state index < -0.39 is 35.4 Å². The molecule has 0 unspecified atom stereocenters. The Bertz CT molecular complexity index is 3780. The van der Waals surface area contributed by atoms with Gasteiger partial charge in [-0.05, 0) is 157 Å². The van der Waals surface area contributed by atoms with Crippen molar-refractivity contribution >= 4 is 58.2 Å². The monoisotopic (exact) mass is 1030 g/mol. The first-order valence-corrected chi connectivity index (χ1v) is 25.0. The van der Waals surface area contributed by atoms with Gasteiger partial charge in [0.05, 0.1) is 33.6 Å². The van der Waals surface area contributed by atoms with Crippen LogP contribution in [0, 0.1) is 0 Å². The molecule has 0 fully saturated rings. The molecular weight excluding hydrogens is 993 g/mol. The Balaban J connectivity index is 0.908. The molecule has 0 atom stereocenters. The summed E-state index contributed by atoms with van der Waals surface area (Å²) in [5, 5.41) is 5.66. The second-order valence-electron chi connectivity index (χ2n) is 18.4. The number of imide groups is 2. The summed E-state index contributed by atoms with van der Waals surface area (Å²) in [5.74, 6) is -0.231. The molecule has 0 saturated heterocycles. The van der Waals surface area contributed by atoms with Gasteiger partial charge in [0.15, 0.2) is 0 Å². The van der Waals surface area contributed by atoms with Gasteiger partial charge in [-0.3, -0.25) is 28.8 Å². The number of ether oxygens (including phenoxy) is 3. The summed E-state index contributed by atoms with van der Waals surface area (Å²) < 4.78 is 19.2. The van der Waals surface area contributed by atoms with Crippen LogP contribution in [-0.2, 0) is 0 Å². The fourth-order valence-electron chi connectivity index (χ4n) is 9.40. The van der Waals surface area contributed by atoms with Gasteiger partial charge in [0.1, 0.15) is 34.5 Å². The topological polar surface area (TPSA) is 161 Å². The van der Waals surface area contributed by atoms with Crippen LogP contribution in [0.4, 0.5) is 22.7 Å². The summed E-state index contributed by atoms with van der Waals surface area (Å²) in [4.78, 5) is 85.8. The lowest BCUT2D eigenvalue weighted by Gasteiger charge is -2.21. The Morgan fingerprint density at radius 3 is 1.03 bits per heavy atom. The van der Waals surface area contributed by atoms with Gasteiger partial charge >= 0.3 is 0 Å². The van der Waals surface area contributed by atoms with Crippen LogP contribution in [-0.4, -0.2) is 35.4 Å². The number of fused-ring (bicyclic) bond motifs is 2. The van der Waals surface area contributed by atoms with Crippen LogP contribution in [0.3, 0.4) is 0 Å². The highest BCUT2D eigenvalue weighted by atomic mass is 16.5. The number of amides is 6. The Hall–Kier alpha value is -11.2. The number of rotatable bonds is 14. The van der Waals surface area contributed by atoms with E-state index in [1.54, 1.807) is 109 Å². The van der Waals surface area contributed by atoms with Gasteiger partial charge in [0.2, 0.25) is 0 Å². The molecule has 0 aliphatic carbocycles. The largest absolute Gasteiger partial charge is 0.457 e. The van der Waals surface area contributed by atoms with E-state index >= 15 is 0 Å². The number of benzene rings is 10. The van der Waals surface area contributed by atoms with E-state index in [-0.39, 0.29) is 44.8 Å².